The Morgan fingerprint density at radius 1 is 0.714 bits per heavy atom. The summed E-state index contributed by atoms with van der Waals surface area (Å²) in [6.45, 7) is 9.41. The van der Waals surface area contributed by atoms with Crippen molar-refractivity contribution >= 4 is 5.95 Å². The molecule has 0 bridgehead atoms. The average Bonchev–Trinajstić information content (AvgIpc) is 2.83. The lowest BCUT2D eigenvalue weighted by Gasteiger charge is -2.35. The van der Waals surface area contributed by atoms with Gasteiger partial charge in [-0.3, -0.25) is 4.90 Å². The fourth-order valence-electron chi connectivity index (χ4n) is 3.27. The van der Waals surface area contributed by atoms with Crippen LogP contribution in [0.25, 0.3) is 0 Å². The minimum absolute atomic E-state index is 0.879. The Kier molecular flexibility index (Phi) is 5.40. The molecule has 2 fully saturated rings. The monoisotopic (exact) mass is 289 g/mol. The molecule has 3 rings (SSSR count). The molecule has 0 spiro atoms. The van der Waals surface area contributed by atoms with Crippen LogP contribution in [-0.4, -0.2) is 72.1 Å². The van der Waals surface area contributed by atoms with Crippen LogP contribution in [0, 0.1) is 0 Å². The largest absolute Gasteiger partial charge is 0.338 e. The predicted molar refractivity (Wildman–Crippen MR) is 85.6 cm³/mol. The zero-order valence-electron chi connectivity index (χ0n) is 13.0. The van der Waals surface area contributed by atoms with Gasteiger partial charge < -0.3 is 9.80 Å². The van der Waals surface area contributed by atoms with Crippen LogP contribution in [0.3, 0.4) is 0 Å². The molecule has 0 N–H and O–H groups in total. The Hall–Kier alpha value is -1.20. The smallest absolute Gasteiger partial charge is 0.225 e. The van der Waals surface area contributed by atoms with Crippen LogP contribution in [0.2, 0.25) is 0 Å². The third-order valence-corrected chi connectivity index (χ3v) is 4.64. The minimum Gasteiger partial charge on any atom is -0.338 e. The van der Waals surface area contributed by atoms with E-state index in [0.717, 1.165) is 32.1 Å². The topological polar surface area (TPSA) is 35.5 Å². The van der Waals surface area contributed by atoms with Crippen molar-refractivity contribution < 1.29 is 0 Å². The van der Waals surface area contributed by atoms with Crippen LogP contribution in [0.15, 0.2) is 18.5 Å². The quantitative estimate of drug-likeness (QED) is 0.839. The molecular weight excluding hydrogens is 262 g/mol. The first-order valence-electron chi connectivity index (χ1n) is 8.38. The zero-order valence-corrected chi connectivity index (χ0v) is 13.0. The van der Waals surface area contributed by atoms with Crippen LogP contribution < -0.4 is 4.90 Å². The first kappa shape index (κ1) is 14.7. The van der Waals surface area contributed by atoms with E-state index in [1.165, 1.54) is 51.9 Å². The van der Waals surface area contributed by atoms with Gasteiger partial charge in [-0.1, -0.05) is 12.8 Å². The average molecular weight is 289 g/mol. The molecule has 0 aliphatic carbocycles. The zero-order chi connectivity index (χ0) is 14.3. The van der Waals surface area contributed by atoms with E-state index >= 15 is 0 Å². The fraction of sp³-hybridized carbons (Fsp3) is 0.750. The summed E-state index contributed by atoms with van der Waals surface area (Å²) < 4.78 is 0. The fourth-order valence-corrected chi connectivity index (χ4v) is 3.27. The van der Waals surface area contributed by atoms with Gasteiger partial charge in [-0.15, -0.1) is 0 Å². The Bertz CT molecular complexity index is 394. The summed E-state index contributed by atoms with van der Waals surface area (Å²) in [5, 5.41) is 0. The van der Waals surface area contributed by atoms with Crippen molar-refractivity contribution in [1.29, 1.82) is 0 Å². The molecule has 1 aromatic heterocycles. The van der Waals surface area contributed by atoms with E-state index in [9.17, 15) is 0 Å². The van der Waals surface area contributed by atoms with Crippen LogP contribution in [0.1, 0.15) is 25.7 Å². The summed E-state index contributed by atoms with van der Waals surface area (Å²) in [7, 11) is 0. The maximum Gasteiger partial charge on any atom is 0.225 e. The lowest BCUT2D eigenvalue weighted by molar-refractivity contribution is 0.199. The van der Waals surface area contributed by atoms with Gasteiger partial charge in [0, 0.05) is 51.7 Å². The molecule has 0 aromatic carbocycles. The molecule has 2 saturated heterocycles. The maximum absolute atomic E-state index is 4.35. The van der Waals surface area contributed by atoms with Gasteiger partial charge in [0.05, 0.1) is 0 Å². The standard InChI is InChI=1S/C16H27N5/c1-2-4-9-19(8-3-1)10-11-20-12-14-21(15-13-20)16-17-6-5-7-18-16/h5-7H,1-4,8-15H2. The van der Waals surface area contributed by atoms with E-state index in [-0.39, 0.29) is 0 Å². The molecule has 2 aliphatic rings. The van der Waals surface area contributed by atoms with Gasteiger partial charge in [0.25, 0.3) is 0 Å². The van der Waals surface area contributed by atoms with Crippen LogP contribution in [-0.2, 0) is 0 Å². The molecular formula is C16H27N5. The molecule has 0 atom stereocenters. The van der Waals surface area contributed by atoms with E-state index in [1.54, 1.807) is 0 Å². The van der Waals surface area contributed by atoms with Crippen molar-refractivity contribution in [3.8, 4) is 0 Å². The molecule has 116 valence electrons. The number of aromatic nitrogens is 2. The van der Waals surface area contributed by atoms with Crippen molar-refractivity contribution in [2.24, 2.45) is 0 Å². The summed E-state index contributed by atoms with van der Waals surface area (Å²) in [4.78, 5) is 16.2. The number of piperazine rings is 1. The van der Waals surface area contributed by atoms with E-state index in [4.69, 9.17) is 0 Å². The van der Waals surface area contributed by atoms with Gasteiger partial charge in [-0.05, 0) is 32.0 Å². The summed E-state index contributed by atoms with van der Waals surface area (Å²) in [5.74, 6) is 0.879. The van der Waals surface area contributed by atoms with Crippen LogP contribution in [0.4, 0.5) is 5.95 Å². The molecule has 0 saturated carbocycles. The first-order chi connectivity index (χ1) is 10.4. The Morgan fingerprint density at radius 3 is 1.90 bits per heavy atom. The van der Waals surface area contributed by atoms with E-state index in [1.807, 2.05) is 18.5 Å². The number of nitrogens with zero attached hydrogens (tertiary/aromatic N) is 5. The highest BCUT2D eigenvalue weighted by Gasteiger charge is 2.19. The van der Waals surface area contributed by atoms with Crippen molar-refractivity contribution in [2.45, 2.75) is 25.7 Å². The molecule has 3 heterocycles. The highest BCUT2D eigenvalue weighted by atomic mass is 15.3. The summed E-state index contributed by atoms with van der Waals surface area (Å²) >= 11 is 0. The first-order valence-corrected chi connectivity index (χ1v) is 8.38. The lowest BCUT2D eigenvalue weighted by Crippen LogP contribution is -2.49. The number of likely N-dealkylation sites (tertiary alicyclic amines) is 1. The SMILES string of the molecule is c1cnc(N2CCN(CCN3CCCCCC3)CC2)nc1. The summed E-state index contributed by atoms with van der Waals surface area (Å²) in [6, 6.07) is 1.88. The van der Waals surface area contributed by atoms with E-state index in [0.29, 0.717) is 0 Å². The van der Waals surface area contributed by atoms with Crippen LogP contribution in [0.5, 0.6) is 0 Å². The normalized spacial score (nSPS) is 22.2. The minimum atomic E-state index is 0.879. The molecule has 0 unspecified atom stereocenters. The molecule has 0 amide bonds. The second kappa shape index (κ2) is 7.71. The van der Waals surface area contributed by atoms with Crippen LogP contribution >= 0.6 is 0 Å². The number of anilines is 1. The van der Waals surface area contributed by atoms with Gasteiger partial charge in [0.2, 0.25) is 5.95 Å². The van der Waals surface area contributed by atoms with Crippen molar-refractivity contribution in [1.82, 2.24) is 19.8 Å². The Morgan fingerprint density at radius 2 is 1.29 bits per heavy atom. The Labute approximate surface area is 128 Å². The van der Waals surface area contributed by atoms with E-state index < -0.39 is 0 Å². The van der Waals surface area contributed by atoms with E-state index in [2.05, 4.69) is 24.7 Å². The van der Waals surface area contributed by atoms with Gasteiger partial charge in [-0.2, -0.15) is 0 Å². The van der Waals surface area contributed by atoms with Crippen molar-refractivity contribution in [3.05, 3.63) is 18.5 Å². The van der Waals surface area contributed by atoms with Crippen molar-refractivity contribution in [2.75, 3.05) is 57.3 Å². The predicted octanol–water partition coefficient (Wildman–Crippen LogP) is 1.47. The molecule has 0 radical (unpaired) electrons. The van der Waals surface area contributed by atoms with Gasteiger partial charge in [0.15, 0.2) is 0 Å². The van der Waals surface area contributed by atoms with Gasteiger partial charge in [-0.25, -0.2) is 9.97 Å². The molecule has 5 heteroatoms. The number of rotatable bonds is 4. The molecule has 2 aliphatic heterocycles. The summed E-state index contributed by atoms with van der Waals surface area (Å²) in [5.41, 5.74) is 0. The second-order valence-corrected chi connectivity index (χ2v) is 6.13. The molecule has 1 aromatic rings. The molecule has 21 heavy (non-hydrogen) atoms. The highest BCUT2D eigenvalue weighted by Crippen LogP contribution is 2.11. The number of hydrogen-bond acceptors (Lipinski definition) is 5. The third kappa shape index (κ3) is 4.38. The highest BCUT2D eigenvalue weighted by molar-refractivity contribution is 5.29. The second-order valence-electron chi connectivity index (χ2n) is 6.13. The number of hydrogen-bond donors (Lipinski definition) is 0. The Balaban J connectivity index is 1.39. The third-order valence-electron chi connectivity index (χ3n) is 4.64. The molecule has 5 nitrogen and oxygen atoms in total. The maximum atomic E-state index is 4.35. The van der Waals surface area contributed by atoms with Crippen molar-refractivity contribution in [3.63, 3.8) is 0 Å². The lowest BCUT2D eigenvalue weighted by atomic mass is 10.2. The van der Waals surface area contributed by atoms with Gasteiger partial charge >= 0.3 is 0 Å². The van der Waals surface area contributed by atoms with Gasteiger partial charge in [0.1, 0.15) is 0 Å². The summed E-state index contributed by atoms with van der Waals surface area (Å²) in [6.07, 6.45) is 9.28.